The second kappa shape index (κ2) is 6.10. The summed E-state index contributed by atoms with van der Waals surface area (Å²) in [5.41, 5.74) is 0.985. The Morgan fingerprint density at radius 2 is 2.28 bits per heavy atom. The predicted molar refractivity (Wildman–Crippen MR) is 69.5 cm³/mol. The Balaban J connectivity index is 1.85. The van der Waals surface area contributed by atoms with E-state index in [0.717, 1.165) is 43.2 Å². The van der Waals surface area contributed by atoms with Crippen LogP contribution in [0.5, 0.6) is 0 Å². The van der Waals surface area contributed by atoms with Crippen molar-refractivity contribution >= 4 is 22.5 Å². The number of nitrogens with one attached hydrogen (secondary N) is 1. The SMILES string of the molecule is CNc1snnc1CN1CCC(C(=O)OC)CC1. The zero-order valence-electron chi connectivity index (χ0n) is 10.7. The van der Waals surface area contributed by atoms with Gasteiger partial charge in [0.2, 0.25) is 0 Å². The molecular formula is C11H18N4O2S. The minimum Gasteiger partial charge on any atom is -0.469 e. The van der Waals surface area contributed by atoms with Crippen molar-refractivity contribution in [2.45, 2.75) is 19.4 Å². The Kier molecular flexibility index (Phi) is 4.48. The van der Waals surface area contributed by atoms with Crippen molar-refractivity contribution in [3.8, 4) is 0 Å². The number of likely N-dealkylation sites (tertiary alicyclic amines) is 1. The first-order valence-corrected chi connectivity index (χ1v) is 6.81. The average Bonchev–Trinajstić information content (AvgIpc) is 2.86. The largest absolute Gasteiger partial charge is 0.469 e. The van der Waals surface area contributed by atoms with Crippen molar-refractivity contribution in [3.05, 3.63) is 5.69 Å². The van der Waals surface area contributed by atoms with E-state index in [2.05, 4.69) is 19.8 Å². The van der Waals surface area contributed by atoms with Crippen LogP contribution in [-0.4, -0.2) is 47.7 Å². The fourth-order valence-corrected chi connectivity index (χ4v) is 2.73. The van der Waals surface area contributed by atoms with Gasteiger partial charge in [-0.2, -0.15) is 0 Å². The normalized spacial score (nSPS) is 17.7. The van der Waals surface area contributed by atoms with Gasteiger partial charge in [0.25, 0.3) is 0 Å². The van der Waals surface area contributed by atoms with E-state index in [1.807, 2.05) is 7.05 Å². The first-order valence-electron chi connectivity index (χ1n) is 6.03. The van der Waals surface area contributed by atoms with Crippen molar-refractivity contribution in [2.24, 2.45) is 5.92 Å². The van der Waals surface area contributed by atoms with E-state index in [4.69, 9.17) is 4.74 Å². The summed E-state index contributed by atoms with van der Waals surface area (Å²) in [5.74, 6) is -0.0236. The van der Waals surface area contributed by atoms with E-state index >= 15 is 0 Å². The molecule has 1 saturated heterocycles. The molecule has 0 atom stereocenters. The van der Waals surface area contributed by atoms with E-state index in [1.54, 1.807) is 0 Å². The lowest BCUT2D eigenvalue weighted by Gasteiger charge is -2.30. The summed E-state index contributed by atoms with van der Waals surface area (Å²) in [4.78, 5) is 13.7. The average molecular weight is 270 g/mol. The molecule has 100 valence electrons. The molecule has 0 radical (unpaired) electrons. The molecule has 6 nitrogen and oxygen atoms in total. The molecule has 0 spiro atoms. The van der Waals surface area contributed by atoms with Crippen LogP contribution in [0.3, 0.4) is 0 Å². The van der Waals surface area contributed by atoms with Gasteiger partial charge in [0, 0.05) is 25.1 Å². The molecule has 0 aliphatic carbocycles. The first kappa shape index (κ1) is 13.2. The van der Waals surface area contributed by atoms with Crippen molar-refractivity contribution in [1.29, 1.82) is 0 Å². The van der Waals surface area contributed by atoms with Gasteiger partial charge >= 0.3 is 5.97 Å². The number of carbonyl (C=O) groups excluding carboxylic acids is 1. The second-order valence-electron chi connectivity index (χ2n) is 4.37. The van der Waals surface area contributed by atoms with E-state index in [1.165, 1.54) is 18.6 Å². The lowest BCUT2D eigenvalue weighted by atomic mass is 9.97. The number of nitrogens with zero attached hydrogens (tertiary/aromatic N) is 3. The highest BCUT2D eigenvalue weighted by Crippen LogP contribution is 2.23. The predicted octanol–water partition coefficient (Wildman–Crippen LogP) is 0.965. The number of hydrogen-bond donors (Lipinski definition) is 1. The summed E-state index contributed by atoms with van der Waals surface area (Å²) in [6.07, 6.45) is 1.72. The molecule has 1 aromatic heterocycles. The van der Waals surface area contributed by atoms with Crippen LogP contribution in [0.2, 0.25) is 0 Å². The molecule has 0 amide bonds. The molecule has 0 bridgehead atoms. The number of ether oxygens (including phenoxy) is 1. The van der Waals surface area contributed by atoms with Crippen LogP contribution < -0.4 is 5.32 Å². The van der Waals surface area contributed by atoms with E-state index in [9.17, 15) is 4.79 Å². The minimum absolute atomic E-state index is 0.0589. The Labute approximate surface area is 110 Å². The second-order valence-corrected chi connectivity index (χ2v) is 5.13. The van der Waals surface area contributed by atoms with Crippen LogP contribution in [0.1, 0.15) is 18.5 Å². The van der Waals surface area contributed by atoms with Crippen LogP contribution in [0.15, 0.2) is 0 Å². The van der Waals surface area contributed by atoms with Crippen molar-refractivity contribution in [1.82, 2.24) is 14.5 Å². The lowest BCUT2D eigenvalue weighted by molar-refractivity contribution is -0.147. The van der Waals surface area contributed by atoms with Crippen LogP contribution >= 0.6 is 11.5 Å². The minimum atomic E-state index is -0.0825. The van der Waals surface area contributed by atoms with Gasteiger partial charge in [-0.15, -0.1) is 5.10 Å². The topological polar surface area (TPSA) is 67.4 Å². The summed E-state index contributed by atoms with van der Waals surface area (Å²) < 4.78 is 8.72. The Morgan fingerprint density at radius 1 is 1.56 bits per heavy atom. The number of hydrogen-bond acceptors (Lipinski definition) is 7. The molecule has 0 saturated carbocycles. The van der Waals surface area contributed by atoms with Crippen LogP contribution in [0, 0.1) is 5.92 Å². The van der Waals surface area contributed by atoms with Gasteiger partial charge in [-0.3, -0.25) is 9.69 Å². The zero-order valence-corrected chi connectivity index (χ0v) is 11.5. The molecule has 1 aromatic rings. The maximum atomic E-state index is 11.4. The molecule has 0 unspecified atom stereocenters. The third-order valence-corrected chi connectivity index (χ3v) is 4.06. The number of rotatable bonds is 4. The van der Waals surface area contributed by atoms with Gasteiger partial charge in [0.05, 0.1) is 13.0 Å². The highest BCUT2D eigenvalue weighted by Gasteiger charge is 2.26. The van der Waals surface area contributed by atoms with Crippen LogP contribution in [0.25, 0.3) is 0 Å². The van der Waals surface area contributed by atoms with Gasteiger partial charge in [-0.25, -0.2) is 0 Å². The fourth-order valence-electron chi connectivity index (χ4n) is 2.21. The molecule has 7 heteroatoms. The van der Waals surface area contributed by atoms with Gasteiger partial charge < -0.3 is 10.1 Å². The first-order chi connectivity index (χ1) is 8.74. The Hall–Kier alpha value is -1.21. The van der Waals surface area contributed by atoms with Gasteiger partial charge in [-0.1, -0.05) is 4.49 Å². The number of carbonyl (C=O) groups is 1. The molecule has 1 fully saturated rings. The van der Waals surface area contributed by atoms with E-state index in [0.29, 0.717) is 0 Å². The summed E-state index contributed by atoms with van der Waals surface area (Å²) in [6, 6.07) is 0. The Morgan fingerprint density at radius 3 is 2.89 bits per heavy atom. The molecule has 1 aliphatic rings. The standard InChI is InChI=1S/C11H18N4O2S/c1-12-10-9(13-14-18-10)7-15-5-3-8(4-6-15)11(16)17-2/h8,12H,3-7H2,1-2H3. The van der Waals surface area contributed by atoms with Gasteiger partial charge in [-0.05, 0) is 25.9 Å². The van der Waals surface area contributed by atoms with Gasteiger partial charge in [0.1, 0.15) is 10.7 Å². The molecule has 1 N–H and O–H groups in total. The quantitative estimate of drug-likeness (QED) is 0.822. The third kappa shape index (κ3) is 2.97. The molecule has 1 aliphatic heterocycles. The zero-order chi connectivity index (χ0) is 13.0. The molecular weight excluding hydrogens is 252 g/mol. The van der Waals surface area contributed by atoms with Crippen LogP contribution in [-0.2, 0) is 16.1 Å². The molecule has 18 heavy (non-hydrogen) atoms. The number of methoxy groups -OCH3 is 1. The molecule has 2 heterocycles. The molecule has 0 aromatic carbocycles. The summed E-state index contributed by atoms with van der Waals surface area (Å²) in [7, 11) is 3.33. The maximum Gasteiger partial charge on any atom is 0.308 e. The third-order valence-electron chi connectivity index (χ3n) is 3.28. The van der Waals surface area contributed by atoms with Gasteiger partial charge in [0.15, 0.2) is 0 Å². The lowest BCUT2D eigenvalue weighted by Crippen LogP contribution is -2.36. The summed E-state index contributed by atoms with van der Waals surface area (Å²) >= 11 is 1.37. The van der Waals surface area contributed by atoms with Crippen molar-refractivity contribution in [3.63, 3.8) is 0 Å². The summed E-state index contributed by atoms with van der Waals surface area (Å²) in [6.45, 7) is 2.60. The monoisotopic (exact) mass is 270 g/mol. The number of esters is 1. The van der Waals surface area contributed by atoms with Crippen molar-refractivity contribution in [2.75, 3.05) is 32.6 Å². The maximum absolute atomic E-state index is 11.4. The Bertz CT molecular complexity index is 402. The van der Waals surface area contributed by atoms with Crippen molar-refractivity contribution < 1.29 is 9.53 Å². The highest BCUT2D eigenvalue weighted by atomic mass is 32.1. The van der Waals surface area contributed by atoms with E-state index < -0.39 is 0 Å². The molecule has 2 rings (SSSR count). The van der Waals surface area contributed by atoms with E-state index in [-0.39, 0.29) is 11.9 Å². The highest BCUT2D eigenvalue weighted by molar-refractivity contribution is 7.10. The summed E-state index contributed by atoms with van der Waals surface area (Å²) in [5, 5.41) is 8.24. The van der Waals surface area contributed by atoms with Crippen LogP contribution in [0.4, 0.5) is 5.00 Å². The number of aromatic nitrogens is 2. The smallest absolute Gasteiger partial charge is 0.308 e. The number of piperidine rings is 1. The number of anilines is 1. The fraction of sp³-hybridized carbons (Fsp3) is 0.727.